The van der Waals surface area contributed by atoms with Crippen molar-refractivity contribution in [2.24, 2.45) is 0 Å². The van der Waals surface area contributed by atoms with E-state index in [0.717, 1.165) is 23.8 Å². The summed E-state index contributed by atoms with van der Waals surface area (Å²) < 4.78 is 25.6. The van der Waals surface area contributed by atoms with Crippen molar-refractivity contribution in [3.05, 3.63) is 33.1 Å². The van der Waals surface area contributed by atoms with Gasteiger partial charge in [0.1, 0.15) is 12.2 Å². The van der Waals surface area contributed by atoms with Gasteiger partial charge < -0.3 is 14.6 Å². The maximum absolute atomic E-state index is 14.9. The Morgan fingerprint density at radius 2 is 2.29 bits per heavy atom. The van der Waals surface area contributed by atoms with Crippen LogP contribution in [0.25, 0.3) is 0 Å². The summed E-state index contributed by atoms with van der Waals surface area (Å²) in [6.45, 7) is 1.03. The zero-order valence-corrected chi connectivity index (χ0v) is 11.3. The topological polar surface area (TPSA) is 111 Å². The van der Waals surface area contributed by atoms with Crippen LogP contribution in [0.5, 0.6) is 0 Å². The van der Waals surface area contributed by atoms with E-state index < -0.39 is 46.4 Å². The maximum Gasteiger partial charge on any atom is 0.330 e. The highest BCUT2D eigenvalue weighted by atomic mass is 35.5. The number of fused-ring (bicyclic) bond motifs is 1. The number of alkyl halides is 2. The van der Waals surface area contributed by atoms with Gasteiger partial charge in [-0.25, -0.2) is 9.18 Å². The molecule has 8 nitrogen and oxygen atoms in total. The van der Waals surface area contributed by atoms with Gasteiger partial charge in [-0.3, -0.25) is 19.1 Å². The second kappa shape index (κ2) is 4.15. The largest absolute Gasteiger partial charge is 0.448 e. The first-order valence-corrected chi connectivity index (χ1v) is 6.32. The first-order valence-electron chi connectivity index (χ1n) is 5.94. The van der Waals surface area contributed by atoms with E-state index in [1.165, 1.54) is 0 Å². The van der Waals surface area contributed by atoms with E-state index in [1.54, 1.807) is 0 Å². The minimum Gasteiger partial charge on any atom is -0.448 e. The van der Waals surface area contributed by atoms with E-state index in [0.29, 0.717) is 0 Å². The maximum atomic E-state index is 14.9. The van der Waals surface area contributed by atoms with E-state index in [1.807, 2.05) is 4.98 Å². The van der Waals surface area contributed by atoms with E-state index >= 15 is 0 Å². The fourth-order valence-electron chi connectivity index (χ4n) is 2.57. The number of rotatable bonds is 2. The lowest BCUT2D eigenvalue weighted by atomic mass is 10.1. The molecule has 1 aliphatic carbocycles. The van der Waals surface area contributed by atoms with Crippen molar-refractivity contribution in [1.29, 1.82) is 0 Å². The second-order valence-electron chi connectivity index (χ2n) is 4.88. The number of halogens is 2. The number of nitrogens with zero attached hydrogens (tertiary/aromatic N) is 1. The number of esters is 1. The molecule has 21 heavy (non-hydrogen) atoms. The van der Waals surface area contributed by atoms with Gasteiger partial charge in [0.05, 0.1) is 0 Å². The lowest BCUT2D eigenvalue weighted by Gasteiger charge is -2.29. The molecule has 1 aromatic rings. The van der Waals surface area contributed by atoms with Gasteiger partial charge in [0.15, 0.2) is 6.23 Å². The van der Waals surface area contributed by atoms with Crippen molar-refractivity contribution in [1.82, 2.24) is 9.55 Å². The van der Waals surface area contributed by atoms with Crippen molar-refractivity contribution in [3.8, 4) is 0 Å². The minimum atomic E-state index is -2.87. The van der Waals surface area contributed by atoms with Gasteiger partial charge in [0.2, 0.25) is 5.60 Å². The first-order chi connectivity index (χ1) is 9.71. The molecule has 1 aliphatic heterocycles. The standard InChI is InChI=1S/C11H10ClFN2O6/c1-4(16)21-10-6(18)7(10)20-8(11(10,12)13)15-3-2-5(17)14-9(15)19/h2-3,6-8,18H,1H3,(H,14,17,19)/t6?,7-,8-,10-,11+/m1/s1. The highest BCUT2D eigenvalue weighted by Crippen LogP contribution is 2.65. The molecule has 2 N–H and O–H groups in total. The molecular formula is C11H10ClFN2O6. The van der Waals surface area contributed by atoms with E-state index in [-0.39, 0.29) is 0 Å². The molecule has 1 saturated carbocycles. The van der Waals surface area contributed by atoms with Crippen LogP contribution in [0, 0.1) is 0 Å². The number of nitrogens with one attached hydrogen (secondary N) is 1. The van der Waals surface area contributed by atoms with Crippen LogP contribution in [0.4, 0.5) is 4.39 Å². The molecule has 5 atom stereocenters. The summed E-state index contributed by atoms with van der Waals surface area (Å²) in [5, 5.41) is 6.82. The van der Waals surface area contributed by atoms with Crippen molar-refractivity contribution in [3.63, 3.8) is 0 Å². The van der Waals surface area contributed by atoms with Gasteiger partial charge >= 0.3 is 11.7 Å². The van der Waals surface area contributed by atoms with Crippen LogP contribution in [0.3, 0.4) is 0 Å². The third-order valence-electron chi connectivity index (χ3n) is 3.56. The molecule has 2 aliphatic rings. The SMILES string of the molecule is CC(=O)O[C@]12C(O)[C@H]1O[C@@H](n1ccc(=O)[nH]c1=O)[C@@]2(F)Cl. The Labute approximate surface area is 121 Å². The highest BCUT2D eigenvalue weighted by molar-refractivity contribution is 6.24. The van der Waals surface area contributed by atoms with Crippen LogP contribution in [-0.4, -0.2) is 43.6 Å². The summed E-state index contributed by atoms with van der Waals surface area (Å²) in [5.41, 5.74) is -3.68. The number of carbonyl (C=O) groups is 1. The Bertz CT molecular complexity index is 730. The number of aromatic amines is 1. The van der Waals surface area contributed by atoms with Gasteiger partial charge in [-0.05, 0) is 0 Å². The van der Waals surface area contributed by atoms with Gasteiger partial charge in [0.25, 0.3) is 10.7 Å². The zero-order chi connectivity index (χ0) is 15.6. The summed E-state index contributed by atoms with van der Waals surface area (Å²) in [5.74, 6) is -0.850. The minimum absolute atomic E-state index is 0.673. The summed E-state index contributed by atoms with van der Waals surface area (Å²) >= 11 is 5.79. The number of aromatic nitrogens is 2. The quantitative estimate of drug-likeness (QED) is 0.535. The van der Waals surface area contributed by atoms with Crippen LogP contribution in [-0.2, 0) is 14.3 Å². The molecule has 2 fully saturated rings. The number of aliphatic hydroxyl groups excluding tert-OH is 1. The van der Waals surface area contributed by atoms with Crippen LogP contribution in [0.2, 0.25) is 0 Å². The van der Waals surface area contributed by atoms with Crippen molar-refractivity contribution in [2.45, 2.75) is 36.1 Å². The average Bonchev–Trinajstić information content (AvgIpc) is 2.82. The molecule has 0 bridgehead atoms. The molecule has 10 heteroatoms. The number of ether oxygens (including phenoxy) is 2. The number of carbonyl (C=O) groups excluding carboxylic acids is 1. The molecule has 0 amide bonds. The molecule has 0 spiro atoms. The molecule has 3 rings (SSSR count). The van der Waals surface area contributed by atoms with Gasteiger partial charge in [-0.15, -0.1) is 0 Å². The van der Waals surface area contributed by atoms with Gasteiger partial charge in [-0.1, -0.05) is 11.6 Å². The normalized spacial score (nSPS) is 40.7. The monoisotopic (exact) mass is 320 g/mol. The molecule has 0 radical (unpaired) electrons. The predicted molar refractivity (Wildman–Crippen MR) is 65.4 cm³/mol. The van der Waals surface area contributed by atoms with Crippen LogP contribution in [0.1, 0.15) is 13.2 Å². The van der Waals surface area contributed by atoms with Crippen molar-refractivity contribution >= 4 is 17.6 Å². The predicted octanol–water partition coefficient (Wildman–Crippen LogP) is -0.985. The van der Waals surface area contributed by atoms with E-state index in [2.05, 4.69) is 0 Å². The zero-order valence-electron chi connectivity index (χ0n) is 10.6. The lowest BCUT2D eigenvalue weighted by molar-refractivity contribution is -0.160. The van der Waals surface area contributed by atoms with Crippen molar-refractivity contribution < 1.29 is 23.8 Å². The second-order valence-corrected chi connectivity index (χ2v) is 5.43. The number of H-pyrrole nitrogens is 1. The lowest BCUT2D eigenvalue weighted by Crippen LogP contribution is -2.48. The van der Waals surface area contributed by atoms with E-state index in [4.69, 9.17) is 21.1 Å². The van der Waals surface area contributed by atoms with Crippen LogP contribution < -0.4 is 11.2 Å². The Morgan fingerprint density at radius 1 is 1.62 bits per heavy atom. The molecule has 2 heterocycles. The van der Waals surface area contributed by atoms with Gasteiger partial charge in [-0.2, -0.15) is 0 Å². The molecular weight excluding hydrogens is 311 g/mol. The van der Waals surface area contributed by atoms with Gasteiger partial charge in [0, 0.05) is 19.2 Å². The smallest absolute Gasteiger partial charge is 0.330 e. The summed E-state index contributed by atoms with van der Waals surface area (Å²) in [7, 11) is 0. The third-order valence-corrected chi connectivity index (χ3v) is 4.04. The highest BCUT2D eigenvalue weighted by Gasteiger charge is 2.88. The summed E-state index contributed by atoms with van der Waals surface area (Å²) in [4.78, 5) is 35.7. The third kappa shape index (κ3) is 1.71. The molecule has 114 valence electrons. The fourth-order valence-corrected chi connectivity index (χ4v) is 2.99. The Hall–Kier alpha value is -1.71. The van der Waals surface area contributed by atoms with E-state index in [9.17, 15) is 23.9 Å². The number of aliphatic hydroxyl groups is 1. The summed E-state index contributed by atoms with van der Waals surface area (Å²) in [6, 6.07) is 0.983. The Kier molecular flexibility index (Phi) is 2.81. The molecule has 0 aromatic carbocycles. The number of hydrogen-bond acceptors (Lipinski definition) is 6. The Balaban J connectivity index is 2.03. The van der Waals surface area contributed by atoms with Crippen molar-refractivity contribution in [2.75, 3.05) is 0 Å². The molecule has 1 saturated heterocycles. The summed E-state index contributed by atoms with van der Waals surface area (Å²) in [6.07, 6.45) is -3.27. The Morgan fingerprint density at radius 3 is 2.86 bits per heavy atom. The fraction of sp³-hybridized carbons (Fsp3) is 0.545. The van der Waals surface area contributed by atoms with Crippen LogP contribution in [0.15, 0.2) is 21.9 Å². The molecule has 1 unspecified atom stereocenters. The average molecular weight is 321 g/mol. The number of hydrogen-bond donors (Lipinski definition) is 2. The first kappa shape index (κ1) is 14.2. The molecule has 1 aromatic heterocycles. The van der Waals surface area contributed by atoms with Crippen LogP contribution >= 0.6 is 11.6 Å².